The summed E-state index contributed by atoms with van der Waals surface area (Å²) in [5, 5.41) is 8.22. The van der Waals surface area contributed by atoms with Crippen LogP contribution in [-0.2, 0) is 18.2 Å². The van der Waals surface area contributed by atoms with Gasteiger partial charge in [-0.1, -0.05) is 0 Å². The van der Waals surface area contributed by atoms with Crippen LogP contribution in [-0.4, -0.2) is 74.1 Å². The predicted octanol–water partition coefficient (Wildman–Crippen LogP) is 4.10. The molecule has 5 heterocycles. The van der Waals surface area contributed by atoms with Crippen LogP contribution in [0.25, 0.3) is 11.0 Å². The molecule has 11 nitrogen and oxygen atoms in total. The van der Waals surface area contributed by atoms with Gasteiger partial charge in [-0.15, -0.1) is 0 Å². The van der Waals surface area contributed by atoms with Gasteiger partial charge in [0.15, 0.2) is 5.65 Å². The van der Waals surface area contributed by atoms with E-state index in [1.165, 1.54) is 0 Å². The first-order chi connectivity index (χ1) is 17.9. The number of nitrogens with zero attached hydrogens (tertiary/aromatic N) is 7. The molecule has 0 radical (unpaired) electrons. The van der Waals surface area contributed by atoms with E-state index in [1.807, 2.05) is 71.8 Å². The van der Waals surface area contributed by atoms with Crippen molar-refractivity contribution in [3.8, 4) is 0 Å². The highest BCUT2D eigenvalue weighted by atomic mass is 16.6. The number of hydrogen-bond donors (Lipinski definition) is 1. The number of carbonyl (C=O) groups excluding carboxylic acids is 2. The lowest BCUT2D eigenvalue weighted by atomic mass is 10.1. The number of ether oxygens (including phenoxy) is 1. The van der Waals surface area contributed by atoms with Gasteiger partial charge in [0.2, 0.25) is 0 Å². The second-order valence-electron chi connectivity index (χ2n) is 11.3. The number of carbonyl (C=O) groups is 2. The van der Waals surface area contributed by atoms with Gasteiger partial charge >= 0.3 is 12.1 Å². The number of hydrogen-bond acceptors (Lipinski definition) is 7. The molecule has 0 saturated carbocycles. The van der Waals surface area contributed by atoms with Gasteiger partial charge in [0, 0.05) is 55.7 Å². The van der Waals surface area contributed by atoms with E-state index in [2.05, 4.69) is 25.3 Å². The van der Waals surface area contributed by atoms with Gasteiger partial charge < -0.3 is 15.0 Å². The molecule has 3 aromatic rings. The lowest BCUT2D eigenvalue weighted by Gasteiger charge is -2.45. The van der Waals surface area contributed by atoms with Crippen LogP contribution in [0.3, 0.4) is 0 Å². The number of pyridine rings is 2. The third-order valence-electron chi connectivity index (χ3n) is 7.00. The highest BCUT2D eigenvalue weighted by Crippen LogP contribution is 2.36. The fourth-order valence-corrected chi connectivity index (χ4v) is 5.43. The average molecular weight is 521 g/mol. The van der Waals surface area contributed by atoms with E-state index in [9.17, 15) is 9.59 Å². The van der Waals surface area contributed by atoms with Crippen LogP contribution in [0.15, 0.2) is 24.5 Å². The van der Waals surface area contributed by atoms with Crippen molar-refractivity contribution in [3.63, 3.8) is 0 Å². The maximum absolute atomic E-state index is 13.3. The van der Waals surface area contributed by atoms with E-state index in [-0.39, 0.29) is 24.2 Å². The number of aryl methyl sites for hydroxylation is 2. The monoisotopic (exact) mass is 520 g/mol. The zero-order valence-electron chi connectivity index (χ0n) is 23.1. The fraction of sp³-hybridized carbons (Fsp3) is 0.519. The van der Waals surface area contributed by atoms with Gasteiger partial charge in [0.25, 0.3) is 0 Å². The molecule has 0 bridgehead atoms. The Kier molecular flexibility index (Phi) is 6.40. The molecule has 0 spiro atoms. The van der Waals surface area contributed by atoms with Gasteiger partial charge in [-0.25, -0.2) is 19.6 Å². The Morgan fingerprint density at radius 3 is 2.55 bits per heavy atom. The SMILES string of the molecule is Cc1nc2nn(C)cc2cc1NC(=O)N1CCc2c(N3C[C@@H](C)N(C(=O)OC(C)(C)C)[C@@H](C)C3)ccnc21. The van der Waals surface area contributed by atoms with Crippen molar-refractivity contribution in [2.75, 3.05) is 34.8 Å². The molecule has 3 amide bonds. The molecule has 5 rings (SSSR count). The summed E-state index contributed by atoms with van der Waals surface area (Å²) in [4.78, 5) is 41.1. The molecule has 0 aromatic carbocycles. The first-order valence-corrected chi connectivity index (χ1v) is 13.0. The van der Waals surface area contributed by atoms with E-state index in [0.717, 1.165) is 16.6 Å². The number of amides is 3. The molecule has 202 valence electrons. The van der Waals surface area contributed by atoms with Crippen molar-refractivity contribution in [1.82, 2.24) is 24.6 Å². The third-order valence-corrected chi connectivity index (χ3v) is 7.00. The Bertz CT molecular complexity index is 1380. The van der Waals surface area contributed by atoms with E-state index in [4.69, 9.17) is 4.74 Å². The molecule has 0 aliphatic carbocycles. The van der Waals surface area contributed by atoms with Crippen molar-refractivity contribution < 1.29 is 14.3 Å². The largest absolute Gasteiger partial charge is 0.444 e. The Hall–Kier alpha value is -3.89. The molecule has 2 aliphatic heterocycles. The minimum Gasteiger partial charge on any atom is -0.444 e. The molecule has 1 N–H and O–H groups in total. The first kappa shape index (κ1) is 25.7. The maximum atomic E-state index is 13.3. The highest BCUT2D eigenvalue weighted by molar-refractivity contribution is 6.04. The van der Waals surface area contributed by atoms with Crippen LogP contribution in [0.4, 0.5) is 26.8 Å². The van der Waals surface area contributed by atoms with Crippen LogP contribution in [0.5, 0.6) is 0 Å². The number of rotatable bonds is 2. The normalized spacial score (nSPS) is 19.6. The van der Waals surface area contributed by atoms with Gasteiger partial charge in [-0.3, -0.25) is 14.5 Å². The summed E-state index contributed by atoms with van der Waals surface area (Å²) >= 11 is 0. The number of nitrogens with one attached hydrogen (secondary N) is 1. The number of anilines is 3. The van der Waals surface area contributed by atoms with Crippen molar-refractivity contribution in [2.45, 2.75) is 65.6 Å². The van der Waals surface area contributed by atoms with Crippen molar-refractivity contribution >= 4 is 40.4 Å². The second kappa shape index (κ2) is 9.45. The Morgan fingerprint density at radius 1 is 1.16 bits per heavy atom. The molecule has 3 aromatic heterocycles. The van der Waals surface area contributed by atoms with E-state index in [0.29, 0.717) is 48.9 Å². The average Bonchev–Trinajstić information content (AvgIpc) is 3.39. The van der Waals surface area contributed by atoms with Gasteiger partial charge in [-0.2, -0.15) is 5.10 Å². The number of urea groups is 1. The van der Waals surface area contributed by atoms with Crippen LogP contribution < -0.4 is 15.1 Å². The second-order valence-corrected chi connectivity index (χ2v) is 11.3. The lowest BCUT2D eigenvalue weighted by molar-refractivity contribution is 0.00565. The molecule has 2 aliphatic rings. The molecule has 1 fully saturated rings. The zero-order chi connectivity index (χ0) is 27.4. The topological polar surface area (TPSA) is 109 Å². The van der Waals surface area contributed by atoms with Crippen molar-refractivity contribution in [3.05, 3.63) is 35.8 Å². The summed E-state index contributed by atoms with van der Waals surface area (Å²) in [6, 6.07) is 3.61. The number of piperazine rings is 1. The lowest BCUT2D eigenvalue weighted by Crippen LogP contribution is -2.59. The molecule has 11 heteroatoms. The third kappa shape index (κ3) is 4.84. The molecular weight excluding hydrogens is 484 g/mol. The maximum Gasteiger partial charge on any atom is 0.410 e. The summed E-state index contributed by atoms with van der Waals surface area (Å²) in [7, 11) is 1.85. The zero-order valence-corrected chi connectivity index (χ0v) is 23.1. The van der Waals surface area contributed by atoms with Crippen molar-refractivity contribution in [2.24, 2.45) is 7.05 Å². The van der Waals surface area contributed by atoms with Crippen molar-refractivity contribution in [1.29, 1.82) is 0 Å². The highest BCUT2D eigenvalue weighted by Gasteiger charge is 2.37. The van der Waals surface area contributed by atoms with Crippen LogP contribution in [0.2, 0.25) is 0 Å². The van der Waals surface area contributed by atoms with Crippen LogP contribution >= 0.6 is 0 Å². The van der Waals surface area contributed by atoms with Gasteiger partial charge in [0.05, 0.1) is 23.5 Å². The Balaban J connectivity index is 1.33. The van der Waals surface area contributed by atoms with E-state index < -0.39 is 5.60 Å². The summed E-state index contributed by atoms with van der Waals surface area (Å²) in [5.74, 6) is 0.669. The number of fused-ring (bicyclic) bond motifs is 2. The van der Waals surface area contributed by atoms with E-state index >= 15 is 0 Å². The van der Waals surface area contributed by atoms with Gasteiger partial charge in [0.1, 0.15) is 11.4 Å². The summed E-state index contributed by atoms with van der Waals surface area (Å²) in [6.07, 6.45) is 4.05. The molecule has 0 unspecified atom stereocenters. The minimum atomic E-state index is -0.540. The first-order valence-electron chi connectivity index (χ1n) is 13.0. The van der Waals surface area contributed by atoms with Crippen LogP contribution in [0.1, 0.15) is 45.9 Å². The van der Waals surface area contributed by atoms with Crippen LogP contribution in [0, 0.1) is 6.92 Å². The standard InChI is InChI=1S/C27H36N8O3/c1-16-13-33(14-17(2)35(16)26(37)38-27(4,5)6)22-8-10-28-24-20(22)9-11-34(24)25(36)30-21-12-19-15-32(7)31-23(19)29-18(21)3/h8,10,12,15-17H,9,11,13-14H2,1-7H3,(H,30,36)/t16-,17+. The molecule has 38 heavy (non-hydrogen) atoms. The summed E-state index contributed by atoms with van der Waals surface area (Å²) in [5.41, 5.74) is 3.57. The summed E-state index contributed by atoms with van der Waals surface area (Å²) < 4.78 is 7.36. The molecule has 2 atom stereocenters. The predicted molar refractivity (Wildman–Crippen MR) is 147 cm³/mol. The Labute approximate surface area is 222 Å². The van der Waals surface area contributed by atoms with Gasteiger partial charge in [-0.05, 0) is 60.1 Å². The fourth-order valence-electron chi connectivity index (χ4n) is 5.43. The smallest absolute Gasteiger partial charge is 0.410 e. The quantitative estimate of drug-likeness (QED) is 0.542. The van der Waals surface area contributed by atoms with E-state index in [1.54, 1.807) is 15.8 Å². The number of aromatic nitrogens is 4. The molecule has 1 saturated heterocycles. The summed E-state index contributed by atoms with van der Waals surface area (Å²) in [6.45, 7) is 13.5. The minimum absolute atomic E-state index is 0.0314. The molecular formula is C27H36N8O3. The Morgan fingerprint density at radius 2 is 1.87 bits per heavy atom.